The Kier molecular flexibility index (Phi) is 6.96. The summed E-state index contributed by atoms with van der Waals surface area (Å²) in [6.07, 6.45) is 4.15. The molecule has 2 aliphatic heterocycles. The van der Waals surface area contributed by atoms with Crippen LogP contribution in [0.4, 0.5) is 4.39 Å². The van der Waals surface area contributed by atoms with Gasteiger partial charge in [-0.3, -0.25) is 4.79 Å². The van der Waals surface area contributed by atoms with Gasteiger partial charge >= 0.3 is 0 Å². The second-order valence-corrected chi connectivity index (χ2v) is 10.5. The van der Waals surface area contributed by atoms with Crippen molar-refractivity contribution in [1.29, 1.82) is 0 Å². The fourth-order valence-corrected chi connectivity index (χ4v) is 6.12. The molecule has 2 aromatic rings. The van der Waals surface area contributed by atoms with E-state index in [1.807, 2.05) is 11.9 Å². The maximum atomic E-state index is 14.0. The molecule has 2 saturated heterocycles. The number of carbonyl (C=O) groups is 1. The normalized spacial score (nSPS) is 21.1. The zero-order valence-electron chi connectivity index (χ0n) is 18.9. The molecule has 0 radical (unpaired) electrons. The first-order chi connectivity index (χ1) is 15.8. The molecule has 33 heavy (non-hydrogen) atoms. The van der Waals surface area contributed by atoms with Crippen molar-refractivity contribution < 1.29 is 22.1 Å². The molecule has 2 fully saturated rings. The lowest BCUT2D eigenvalue weighted by Gasteiger charge is -2.37. The Hall–Kier alpha value is -2.56. The number of hydrogen-bond acceptors (Lipinski definition) is 6. The summed E-state index contributed by atoms with van der Waals surface area (Å²) >= 11 is 0. The molecule has 4 rings (SSSR count). The number of aryl methyl sites for hydroxylation is 1. The van der Waals surface area contributed by atoms with Gasteiger partial charge in [-0.05, 0) is 45.0 Å². The topological polar surface area (TPSA) is 87.0 Å². The largest absolute Gasteiger partial charge is 0.355 e. The van der Waals surface area contributed by atoms with Gasteiger partial charge in [0.1, 0.15) is 11.5 Å². The van der Waals surface area contributed by atoms with Gasteiger partial charge in [0, 0.05) is 44.8 Å². The Labute approximate surface area is 193 Å². The zero-order valence-corrected chi connectivity index (χ0v) is 19.7. The molecular formula is C23H29FN4O4S. The molecule has 8 nitrogen and oxygen atoms in total. The van der Waals surface area contributed by atoms with Gasteiger partial charge in [-0.15, -0.1) is 0 Å². The summed E-state index contributed by atoms with van der Waals surface area (Å²) in [5.74, 6) is -0.724. The van der Waals surface area contributed by atoms with Gasteiger partial charge in [-0.1, -0.05) is 23.4 Å². The van der Waals surface area contributed by atoms with Gasteiger partial charge in [-0.2, -0.15) is 4.31 Å². The predicted octanol–water partition coefficient (Wildman–Crippen LogP) is 2.47. The van der Waals surface area contributed by atoms with Gasteiger partial charge in [0.2, 0.25) is 15.9 Å². The van der Waals surface area contributed by atoms with E-state index in [0.717, 1.165) is 13.1 Å². The number of benzene rings is 1. The number of rotatable bonds is 5. The molecule has 0 unspecified atom stereocenters. The molecule has 1 amide bonds. The Morgan fingerprint density at radius 3 is 2.61 bits per heavy atom. The summed E-state index contributed by atoms with van der Waals surface area (Å²) in [5, 5.41) is 3.84. The fourth-order valence-electron chi connectivity index (χ4n) is 4.35. The van der Waals surface area contributed by atoms with Crippen LogP contribution >= 0.6 is 0 Å². The molecule has 0 N–H and O–H groups in total. The number of carbonyl (C=O) groups excluding carboxylic acids is 1. The van der Waals surface area contributed by atoms with E-state index >= 15 is 0 Å². The minimum absolute atomic E-state index is 0.0183. The number of piperidine rings is 1. The quantitative estimate of drug-likeness (QED) is 0.659. The van der Waals surface area contributed by atoms with Crippen LogP contribution < -0.4 is 0 Å². The lowest BCUT2D eigenvalue weighted by molar-refractivity contribution is -0.138. The van der Waals surface area contributed by atoms with Crippen molar-refractivity contribution in [1.82, 2.24) is 19.3 Å². The summed E-state index contributed by atoms with van der Waals surface area (Å²) in [6.45, 7) is 4.98. The summed E-state index contributed by atoms with van der Waals surface area (Å²) in [5.41, 5.74) is 0.543. The molecule has 0 saturated carbocycles. The van der Waals surface area contributed by atoms with Gasteiger partial charge in [0.25, 0.3) is 0 Å². The fraction of sp³-hybridized carbons (Fsp3) is 0.478. The van der Waals surface area contributed by atoms with E-state index < -0.39 is 15.8 Å². The van der Waals surface area contributed by atoms with E-state index in [9.17, 15) is 17.6 Å². The number of hydrogen-bond donors (Lipinski definition) is 0. The Morgan fingerprint density at radius 2 is 1.88 bits per heavy atom. The molecule has 0 spiro atoms. The highest BCUT2D eigenvalue weighted by Crippen LogP contribution is 2.30. The van der Waals surface area contributed by atoms with Gasteiger partial charge in [0.05, 0.1) is 5.92 Å². The monoisotopic (exact) mass is 476 g/mol. The van der Waals surface area contributed by atoms with Crippen molar-refractivity contribution in [3.05, 3.63) is 47.1 Å². The van der Waals surface area contributed by atoms with Crippen molar-refractivity contribution in [2.24, 2.45) is 5.92 Å². The van der Waals surface area contributed by atoms with Crippen LogP contribution in [0.1, 0.15) is 29.9 Å². The van der Waals surface area contributed by atoms with E-state index in [1.165, 1.54) is 22.5 Å². The standard InChI is InChI=1S/C23H29FN4O4S/c1-17-22(21(32-25-17)10-9-18-6-3-4-8-20(18)24)33(30,31)28-11-5-7-19(16-28)23(29)27-14-12-26(2)13-15-27/h3-4,6,8-10,19H,5,7,11-16H2,1-2H3/b10-9+/t19-/m0/s1. The van der Waals surface area contributed by atoms with Gasteiger partial charge in [0.15, 0.2) is 10.7 Å². The highest BCUT2D eigenvalue weighted by molar-refractivity contribution is 7.89. The lowest BCUT2D eigenvalue weighted by Crippen LogP contribution is -2.52. The number of piperazine rings is 1. The number of halogens is 1. The summed E-state index contributed by atoms with van der Waals surface area (Å²) in [7, 11) is -1.92. The van der Waals surface area contributed by atoms with Crippen LogP contribution in [-0.2, 0) is 14.8 Å². The van der Waals surface area contributed by atoms with E-state index in [1.54, 1.807) is 25.1 Å². The third-order valence-corrected chi connectivity index (χ3v) is 8.32. The Bertz CT molecular complexity index is 1140. The highest BCUT2D eigenvalue weighted by atomic mass is 32.2. The third-order valence-electron chi connectivity index (χ3n) is 6.30. The average Bonchev–Trinajstić information content (AvgIpc) is 3.19. The first-order valence-corrected chi connectivity index (χ1v) is 12.6. The molecule has 1 aromatic carbocycles. The minimum Gasteiger partial charge on any atom is -0.355 e. The maximum absolute atomic E-state index is 14.0. The van der Waals surface area contributed by atoms with Crippen LogP contribution in [0.2, 0.25) is 0 Å². The third kappa shape index (κ3) is 5.02. The van der Waals surface area contributed by atoms with Crippen molar-refractivity contribution in [2.45, 2.75) is 24.7 Å². The first kappa shape index (κ1) is 23.6. The number of aromatic nitrogens is 1. The van der Waals surface area contributed by atoms with Crippen LogP contribution in [0, 0.1) is 18.7 Å². The second kappa shape index (κ2) is 9.74. The average molecular weight is 477 g/mol. The molecule has 3 heterocycles. The molecule has 0 aliphatic carbocycles. The molecule has 1 atom stereocenters. The second-order valence-electron chi connectivity index (χ2n) is 8.65. The van der Waals surface area contributed by atoms with Crippen molar-refractivity contribution in [2.75, 3.05) is 46.3 Å². The molecular weight excluding hydrogens is 447 g/mol. The predicted molar refractivity (Wildman–Crippen MR) is 122 cm³/mol. The van der Waals surface area contributed by atoms with Crippen LogP contribution in [-0.4, -0.2) is 79.9 Å². The summed E-state index contributed by atoms with van der Waals surface area (Å²) < 4.78 is 47.7. The van der Waals surface area contributed by atoms with Gasteiger partial charge in [-0.25, -0.2) is 12.8 Å². The SMILES string of the molecule is Cc1noc(/C=C/c2ccccc2F)c1S(=O)(=O)N1CCC[C@H](C(=O)N2CCN(C)CC2)C1. The van der Waals surface area contributed by atoms with E-state index in [4.69, 9.17) is 4.52 Å². The summed E-state index contributed by atoms with van der Waals surface area (Å²) in [6, 6.07) is 6.19. The highest BCUT2D eigenvalue weighted by Gasteiger charge is 2.38. The molecule has 2 aliphatic rings. The zero-order chi connectivity index (χ0) is 23.6. The smallest absolute Gasteiger partial charge is 0.248 e. The summed E-state index contributed by atoms with van der Waals surface area (Å²) in [4.78, 5) is 17.0. The van der Waals surface area contributed by atoms with Crippen molar-refractivity contribution >= 4 is 28.1 Å². The Morgan fingerprint density at radius 1 is 1.15 bits per heavy atom. The number of sulfonamides is 1. The molecule has 0 bridgehead atoms. The van der Waals surface area contributed by atoms with E-state index in [0.29, 0.717) is 38.0 Å². The minimum atomic E-state index is -3.95. The molecule has 10 heteroatoms. The molecule has 178 valence electrons. The van der Waals surface area contributed by atoms with Gasteiger partial charge < -0.3 is 14.3 Å². The van der Waals surface area contributed by atoms with Crippen molar-refractivity contribution in [3.8, 4) is 0 Å². The van der Waals surface area contributed by atoms with Crippen LogP contribution in [0.5, 0.6) is 0 Å². The van der Waals surface area contributed by atoms with Crippen LogP contribution in [0.3, 0.4) is 0 Å². The van der Waals surface area contributed by atoms with Crippen LogP contribution in [0.15, 0.2) is 33.7 Å². The Balaban J connectivity index is 1.54. The maximum Gasteiger partial charge on any atom is 0.248 e. The molecule has 1 aromatic heterocycles. The number of nitrogens with zero attached hydrogens (tertiary/aromatic N) is 4. The van der Waals surface area contributed by atoms with Crippen LogP contribution in [0.25, 0.3) is 12.2 Å². The first-order valence-electron chi connectivity index (χ1n) is 11.1. The van der Waals surface area contributed by atoms with E-state index in [-0.39, 0.29) is 34.7 Å². The lowest BCUT2D eigenvalue weighted by atomic mass is 9.98. The number of likely N-dealkylation sites (N-methyl/N-ethyl adjacent to an activating group) is 1. The van der Waals surface area contributed by atoms with E-state index in [2.05, 4.69) is 10.1 Å². The number of amides is 1. The van der Waals surface area contributed by atoms with Crippen molar-refractivity contribution in [3.63, 3.8) is 0 Å².